The van der Waals surface area contributed by atoms with Gasteiger partial charge in [0.25, 0.3) is 0 Å². The van der Waals surface area contributed by atoms with Crippen molar-refractivity contribution < 1.29 is 18.6 Å². The van der Waals surface area contributed by atoms with Crippen molar-refractivity contribution in [2.45, 2.75) is 84.7 Å². The SMILES string of the molecule is Cc1cc2c(-c3ccc(B4OC(C)(C)C(C)(C)O4)cc3)ccc(B3OC(C)(C)C(C)(C)O3)c2[nH]1. The number of aryl methyl sites for hydroxylation is 1. The van der Waals surface area contributed by atoms with Crippen LogP contribution in [-0.4, -0.2) is 41.6 Å². The quantitative estimate of drug-likeness (QED) is 0.575. The van der Waals surface area contributed by atoms with E-state index in [1.165, 1.54) is 5.56 Å². The second kappa shape index (κ2) is 7.47. The number of hydrogen-bond donors (Lipinski definition) is 1. The molecule has 2 saturated heterocycles. The van der Waals surface area contributed by atoms with Crippen LogP contribution in [0.4, 0.5) is 0 Å². The molecule has 1 N–H and O–H groups in total. The first-order valence-corrected chi connectivity index (χ1v) is 12.1. The number of aromatic nitrogens is 1. The van der Waals surface area contributed by atoms with Gasteiger partial charge in [0, 0.05) is 22.1 Å². The summed E-state index contributed by atoms with van der Waals surface area (Å²) in [6.07, 6.45) is 0. The van der Waals surface area contributed by atoms with Crippen molar-refractivity contribution in [1.82, 2.24) is 4.98 Å². The summed E-state index contributed by atoms with van der Waals surface area (Å²) in [4.78, 5) is 3.54. The highest BCUT2D eigenvalue weighted by molar-refractivity contribution is 6.65. The van der Waals surface area contributed by atoms with Gasteiger partial charge in [0.2, 0.25) is 0 Å². The lowest BCUT2D eigenvalue weighted by Crippen LogP contribution is -2.41. The minimum absolute atomic E-state index is 0.353. The smallest absolute Gasteiger partial charge is 0.399 e. The zero-order chi connectivity index (χ0) is 24.7. The molecule has 2 fully saturated rings. The molecule has 0 atom stereocenters. The Bertz CT molecular complexity index is 1210. The highest BCUT2D eigenvalue weighted by atomic mass is 16.7. The monoisotopic (exact) mass is 459 g/mol. The molecule has 178 valence electrons. The van der Waals surface area contributed by atoms with Crippen molar-refractivity contribution >= 4 is 36.1 Å². The van der Waals surface area contributed by atoms with E-state index in [0.29, 0.717) is 0 Å². The Morgan fingerprint density at radius 2 is 1.15 bits per heavy atom. The minimum atomic E-state index is -0.412. The molecule has 2 aromatic carbocycles. The summed E-state index contributed by atoms with van der Waals surface area (Å²) in [6, 6.07) is 15.0. The average molecular weight is 459 g/mol. The third-order valence-corrected chi connectivity index (χ3v) is 8.22. The van der Waals surface area contributed by atoms with Crippen molar-refractivity contribution in [2.24, 2.45) is 0 Å². The summed E-state index contributed by atoms with van der Waals surface area (Å²) in [7, 11) is -0.773. The molecule has 0 radical (unpaired) electrons. The van der Waals surface area contributed by atoms with E-state index in [0.717, 1.165) is 33.1 Å². The molecule has 0 aliphatic carbocycles. The van der Waals surface area contributed by atoms with Crippen molar-refractivity contribution in [3.05, 3.63) is 48.2 Å². The van der Waals surface area contributed by atoms with Crippen LogP contribution in [0.1, 0.15) is 61.1 Å². The first-order valence-electron chi connectivity index (χ1n) is 12.1. The zero-order valence-corrected chi connectivity index (χ0v) is 21.8. The summed E-state index contributed by atoms with van der Waals surface area (Å²) < 4.78 is 25.1. The van der Waals surface area contributed by atoms with Gasteiger partial charge in [-0.25, -0.2) is 0 Å². The van der Waals surface area contributed by atoms with Crippen molar-refractivity contribution in [1.29, 1.82) is 0 Å². The average Bonchev–Trinajstić information content (AvgIpc) is 3.29. The highest BCUT2D eigenvalue weighted by Crippen LogP contribution is 2.39. The summed E-state index contributed by atoms with van der Waals surface area (Å²) in [6.45, 7) is 18.7. The molecule has 2 aliphatic rings. The Hall–Kier alpha value is -2.05. The van der Waals surface area contributed by atoms with Crippen LogP contribution in [0, 0.1) is 6.92 Å². The van der Waals surface area contributed by atoms with Gasteiger partial charge in [-0.15, -0.1) is 0 Å². The molecule has 0 bridgehead atoms. The van der Waals surface area contributed by atoms with E-state index in [1.807, 2.05) is 0 Å². The topological polar surface area (TPSA) is 52.7 Å². The number of hydrogen-bond acceptors (Lipinski definition) is 4. The van der Waals surface area contributed by atoms with E-state index < -0.39 is 7.12 Å². The number of rotatable bonds is 3. The molecule has 5 rings (SSSR count). The van der Waals surface area contributed by atoms with E-state index in [-0.39, 0.29) is 29.5 Å². The fourth-order valence-corrected chi connectivity index (χ4v) is 4.59. The molecular formula is C27H35B2NO4. The number of aromatic amines is 1. The summed E-state index contributed by atoms with van der Waals surface area (Å²) in [5, 5.41) is 1.16. The predicted octanol–water partition coefficient (Wildman–Crippen LogP) is 4.74. The van der Waals surface area contributed by atoms with E-state index in [4.69, 9.17) is 18.6 Å². The van der Waals surface area contributed by atoms with Crippen molar-refractivity contribution in [3.8, 4) is 11.1 Å². The number of fused-ring (bicyclic) bond motifs is 1. The molecular weight excluding hydrogens is 424 g/mol. The first kappa shape index (κ1) is 23.7. The molecule has 0 amide bonds. The lowest BCUT2D eigenvalue weighted by Gasteiger charge is -2.32. The molecule has 2 aliphatic heterocycles. The van der Waals surface area contributed by atoms with Crippen LogP contribution in [-0.2, 0) is 18.6 Å². The summed E-state index contributed by atoms with van der Waals surface area (Å²) >= 11 is 0. The van der Waals surface area contributed by atoms with Gasteiger partial charge in [0.15, 0.2) is 0 Å². The third-order valence-electron chi connectivity index (χ3n) is 8.22. The first-order chi connectivity index (χ1) is 15.7. The van der Waals surface area contributed by atoms with Crippen LogP contribution in [0.2, 0.25) is 0 Å². The van der Waals surface area contributed by atoms with Crippen molar-refractivity contribution in [2.75, 3.05) is 0 Å². The molecule has 34 heavy (non-hydrogen) atoms. The Morgan fingerprint density at radius 3 is 1.68 bits per heavy atom. The van der Waals surface area contributed by atoms with Crippen LogP contribution in [0.3, 0.4) is 0 Å². The summed E-state index contributed by atoms with van der Waals surface area (Å²) in [5.41, 5.74) is 5.06. The maximum atomic E-state index is 6.35. The second-order valence-electron chi connectivity index (χ2n) is 11.7. The number of H-pyrrole nitrogens is 1. The molecule has 3 heterocycles. The molecule has 0 spiro atoms. The standard InChI is InChI=1S/C27H35B2NO4/c1-17-16-21-20(14-15-22(23(21)30-17)29-33-26(6,7)27(8,9)34-29)18-10-12-19(13-11-18)28-31-24(2,3)25(4,5)32-28/h10-16,30H,1-9H3. The molecule has 7 heteroatoms. The fraction of sp³-hybridized carbons (Fsp3) is 0.481. The van der Waals surface area contributed by atoms with Gasteiger partial charge in [-0.2, -0.15) is 0 Å². The van der Waals surface area contributed by atoms with Gasteiger partial charge in [0.05, 0.1) is 22.4 Å². The maximum absolute atomic E-state index is 6.35. The van der Waals surface area contributed by atoms with Crippen LogP contribution < -0.4 is 10.9 Å². The van der Waals surface area contributed by atoms with Gasteiger partial charge in [0.1, 0.15) is 0 Å². The van der Waals surface area contributed by atoms with E-state index in [9.17, 15) is 0 Å². The Balaban J connectivity index is 1.48. The van der Waals surface area contributed by atoms with Crippen LogP contribution in [0.25, 0.3) is 22.0 Å². The Kier molecular flexibility index (Phi) is 5.20. The van der Waals surface area contributed by atoms with Crippen LogP contribution >= 0.6 is 0 Å². The summed E-state index contributed by atoms with van der Waals surface area (Å²) in [5.74, 6) is 0. The van der Waals surface area contributed by atoms with Gasteiger partial charge in [-0.05, 0) is 85.0 Å². The molecule has 0 unspecified atom stereocenters. The van der Waals surface area contributed by atoms with Gasteiger partial charge in [-0.3, -0.25) is 0 Å². The largest absolute Gasteiger partial charge is 0.497 e. The maximum Gasteiger partial charge on any atom is 0.497 e. The van der Waals surface area contributed by atoms with Crippen LogP contribution in [0.5, 0.6) is 0 Å². The normalized spacial score (nSPS) is 22.6. The molecule has 3 aromatic rings. The Morgan fingerprint density at radius 1 is 0.647 bits per heavy atom. The molecule has 1 aromatic heterocycles. The number of benzene rings is 2. The predicted molar refractivity (Wildman–Crippen MR) is 140 cm³/mol. The van der Waals surface area contributed by atoms with Gasteiger partial charge in [-0.1, -0.05) is 36.4 Å². The minimum Gasteiger partial charge on any atom is -0.399 e. The molecule has 5 nitrogen and oxygen atoms in total. The Labute approximate surface area is 203 Å². The molecule has 0 saturated carbocycles. The second-order valence-corrected chi connectivity index (χ2v) is 11.7. The van der Waals surface area contributed by atoms with E-state index in [1.54, 1.807) is 0 Å². The van der Waals surface area contributed by atoms with Crippen LogP contribution in [0.15, 0.2) is 42.5 Å². The fourth-order valence-electron chi connectivity index (χ4n) is 4.59. The zero-order valence-electron chi connectivity index (χ0n) is 21.8. The lowest BCUT2D eigenvalue weighted by atomic mass is 9.76. The lowest BCUT2D eigenvalue weighted by molar-refractivity contribution is 0.00578. The number of nitrogens with one attached hydrogen (secondary N) is 1. The van der Waals surface area contributed by atoms with Gasteiger partial charge < -0.3 is 23.6 Å². The van der Waals surface area contributed by atoms with E-state index >= 15 is 0 Å². The van der Waals surface area contributed by atoms with E-state index in [2.05, 4.69) is 110 Å². The third kappa shape index (κ3) is 3.65. The van der Waals surface area contributed by atoms with Crippen molar-refractivity contribution in [3.63, 3.8) is 0 Å². The highest BCUT2D eigenvalue weighted by Gasteiger charge is 2.53. The van der Waals surface area contributed by atoms with Gasteiger partial charge >= 0.3 is 14.2 Å².